The summed E-state index contributed by atoms with van der Waals surface area (Å²) < 4.78 is 13.5. The van der Waals surface area contributed by atoms with Gasteiger partial charge in [-0.05, 0) is 37.8 Å². The standard InChI is InChI=1S/C22H33N3O4/c1-2-10-25-16-18(14-23-25)15-24-11-9-20(26)21(27)17-28-12-5-6-13-29-22-8-4-3-7-19(22)24/h3-4,7-8,14,16,20-21,26-27H,2,5-6,9-13,15,17H2,1H3/t20-,21+/m0/s1. The number of aliphatic hydroxyl groups is 2. The number of fused-ring (bicyclic) bond motifs is 1. The molecule has 0 aliphatic carbocycles. The average molecular weight is 404 g/mol. The molecule has 0 saturated carbocycles. The zero-order valence-corrected chi connectivity index (χ0v) is 17.2. The van der Waals surface area contributed by atoms with Crippen molar-refractivity contribution in [3.8, 4) is 5.75 Å². The van der Waals surface area contributed by atoms with Gasteiger partial charge in [-0.15, -0.1) is 0 Å². The monoisotopic (exact) mass is 403 g/mol. The second-order valence-electron chi connectivity index (χ2n) is 7.55. The molecule has 7 heteroatoms. The van der Waals surface area contributed by atoms with Crippen LogP contribution in [0.4, 0.5) is 5.69 Å². The van der Waals surface area contributed by atoms with E-state index in [4.69, 9.17) is 9.47 Å². The second-order valence-corrected chi connectivity index (χ2v) is 7.55. The smallest absolute Gasteiger partial charge is 0.142 e. The van der Waals surface area contributed by atoms with Gasteiger partial charge in [0, 0.05) is 38.0 Å². The van der Waals surface area contributed by atoms with Gasteiger partial charge in [-0.1, -0.05) is 19.1 Å². The van der Waals surface area contributed by atoms with E-state index in [1.54, 1.807) is 0 Å². The minimum Gasteiger partial charge on any atom is -0.491 e. The van der Waals surface area contributed by atoms with Gasteiger partial charge in [0.25, 0.3) is 0 Å². The lowest BCUT2D eigenvalue weighted by molar-refractivity contribution is -0.0405. The molecular weight excluding hydrogens is 370 g/mol. The molecule has 0 bridgehead atoms. The minimum atomic E-state index is -0.876. The first-order valence-electron chi connectivity index (χ1n) is 10.6. The van der Waals surface area contributed by atoms with Crippen molar-refractivity contribution in [3.63, 3.8) is 0 Å². The van der Waals surface area contributed by atoms with Crippen LogP contribution < -0.4 is 9.64 Å². The fourth-order valence-corrected chi connectivity index (χ4v) is 3.47. The molecule has 3 rings (SSSR count). The van der Waals surface area contributed by atoms with Crippen molar-refractivity contribution >= 4 is 5.69 Å². The third-order valence-electron chi connectivity index (χ3n) is 5.09. The molecule has 1 aromatic heterocycles. The van der Waals surface area contributed by atoms with Crippen LogP contribution >= 0.6 is 0 Å². The molecule has 29 heavy (non-hydrogen) atoms. The molecule has 0 amide bonds. The zero-order valence-electron chi connectivity index (χ0n) is 17.2. The number of anilines is 1. The Morgan fingerprint density at radius 1 is 1.14 bits per heavy atom. The van der Waals surface area contributed by atoms with Gasteiger partial charge in [0.1, 0.15) is 11.9 Å². The summed E-state index contributed by atoms with van der Waals surface area (Å²) in [5, 5.41) is 25.0. The predicted molar refractivity (Wildman–Crippen MR) is 112 cm³/mol. The summed E-state index contributed by atoms with van der Waals surface area (Å²) in [5.74, 6) is 0.835. The largest absolute Gasteiger partial charge is 0.491 e. The molecule has 2 atom stereocenters. The van der Waals surface area contributed by atoms with Crippen LogP contribution in [0.1, 0.15) is 38.2 Å². The Kier molecular flexibility index (Phi) is 8.34. The first-order valence-corrected chi connectivity index (χ1v) is 10.6. The summed E-state index contributed by atoms with van der Waals surface area (Å²) >= 11 is 0. The Morgan fingerprint density at radius 2 is 1.97 bits per heavy atom. The second kappa shape index (κ2) is 11.2. The van der Waals surface area contributed by atoms with Gasteiger partial charge >= 0.3 is 0 Å². The summed E-state index contributed by atoms with van der Waals surface area (Å²) in [4.78, 5) is 2.19. The van der Waals surface area contributed by atoms with Crippen LogP contribution in [-0.2, 0) is 17.8 Å². The highest BCUT2D eigenvalue weighted by molar-refractivity contribution is 5.58. The van der Waals surface area contributed by atoms with Crippen molar-refractivity contribution < 1.29 is 19.7 Å². The van der Waals surface area contributed by atoms with Gasteiger partial charge in [0.2, 0.25) is 0 Å². The zero-order chi connectivity index (χ0) is 20.5. The van der Waals surface area contributed by atoms with Crippen LogP contribution in [0.2, 0.25) is 0 Å². The van der Waals surface area contributed by atoms with E-state index in [1.165, 1.54) is 0 Å². The van der Waals surface area contributed by atoms with Crippen LogP contribution in [0.5, 0.6) is 5.75 Å². The van der Waals surface area contributed by atoms with Gasteiger partial charge in [-0.3, -0.25) is 4.68 Å². The number of ether oxygens (including phenoxy) is 2. The lowest BCUT2D eigenvalue weighted by atomic mass is 10.1. The van der Waals surface area contributed by atoms with Gasteiger partial charge in [-0.2, -0.15) is 5.10 Å². The molecule has 0 spiro atoms. The molecule has 0 fully saturated rings. The SMILES string of the molecule is CCCn1cc(CN2CC[C@H](O)[C@H](O)COCCCCOc3ccccc32)cn1. The first-order chi connectivity index (χ1) is 14.2. The highest BCUT2D eigenvalue weighted by Gasteiger charge is 2.20. The van der Waals surface area contributed by atoms with Crippen LogP contribution in [0.25, 0.3) is 0 Å². The number of rotatable bonds is 4. The number of hydrogen-bond donors (Lipinski definition) is 2. The highest BCUT2D eigenvalue weighted by atomic mass is 16.5. The Bertz CT molecular complexity index is 736. The number of aliphatic hydroxyl groups excluding tert-OH is 2. The number of aryl methyl sites for hydroxylation is 1. The van der Waals surface area contributed by atoms with E-state index < -0.39 is 12.2 Å². The summed E-state index contributed by atoms with van der Waals surface area (Å²) in [6, 6.07) is 8.00. The van der Waals surface area contributed by atoms with E-state index in [0.29, 0.717) is 32.7 Å². The van der Waals surface area contributed by atoms with Crippen LogP contribution in [0.15, 0.2) is 36.7 Å². The maximum atomic E-state index is 10.4. The van der Waals surface area contributed by atoms with Crippen molar-refractivity contribution in [2.75, 3.05) is 31.3 Å². The fourth-order valence-electron chi connectivity index (χ4n) is 3.47. The number of benzene rings is 1. The molecule has 2 heterocycles. The number of aromatic nitrogens is 2. The molecule has 1 aliphatic heterocycles. The summed E-state index contributed by atoms with van der Waals surface area (Å²) in [6.07, 6.45) is 5.44. The lowest BCUT2D eigenvalue weighted by Gasteiger charge is -2.28. The van der Waals surface area contributed by atoms with E-state index in [1.807, 2.05) is 35.1 Å². The molecule has 1 aliphatic rings. The average Bonchev–Trinajstić information content (AvgIpc) is 3.17. The van der Waals surface area contributed by atoms with Crippen LogP contribution in [0.3, 0.4) is 0 Å². The molecule has 2 aromatic rings. The molecular formula is C22H33N3O4. The fraction of sp³-hybridized carbons (Fsp3) is 0.591. The Labute approximate surface area is 172 Å². The van der Waals surface area contributed by atoms with E-state index in [9.17, 15) is 10.2 Å². The predicted octanol–water partition coefficient (Wildman–Crippen LogP) is 2.60. The summed E-state index contributed by atoms with van der Waals surface area (Å²) in [6.45, 7) is 5.59. The highest BCUT2D eigenvalue weighted by Crippen LogP contribution is 2.30. The molecule has 7 nitrogen and oxygen atoms in total. The summed E-state index contributed by atoms with van der Waals surface area (Å²) in [7, 11) is 0. The maximum Gasteiger partial charge on any atom is 0.142 e. The normalized spacial score (nSPS) is 21.8. The molecule has 2 N–H and O–H groups in total. The first kappa shape index (κ1) is 21.6. The molecule has 0 unspecified atom stereocenters. The number of nitrogens with zero attached hydrogens (tertiary/aromatic N) is 3. The molecule has 0 saturated heterocycles. The van der Waals surface area contributed by atoms with Crippen molar-refractivity contribution in [1.82, 2.24) is 9.78 Å². The van der Waals surface area contributed by atoms with Crippen molar-refractivity contribution in [1.29, 1.82) is 0 Å². The van der Waals surface area contributed by atoms with Gasteiger partial charge in [0.15, 0.2) is 0 Å². The lowest BCUT2D eigenvalue weighted by Crippen LogP contribution is -2.35. The molecule has 0 radical (unpaired) electrons. The van der Waals surface area contributed by atoms with Crippen LogP contribution in [-0.4, -0.2) is 58.6 Å². The number of para-hydroxylation sites is 2. The van der Waals surface area contributed by atoms with Gasteiger partial charge in [-0.25, -0.2) is 0 Å². The topological polar surface area (TPSA) is 80.0 Å². The number of hydrogen-bond acceptors (Lipinski definition) is 6. The third kappa shape index (κ3) is 6.45. The van der Waals surface area contributed by atoms with Crippen molar-refractivity contribution in [3.05, 3.63) is 42.2 Å². The van der Waals surface area contributed by atoms with Crippen molar-refractivity contribution in [2.24, 2.45) is 0 Å². The Hall–Kier alpha value is -2.09. The van der Waals surface area contributed by atoms with E-state index in [0.717, 1.165) is 42.8 Å². The van der Waals surface area contributed by atoms with Gasteiger partial charge < -0.3 is 24.6 Å². The quantitative estimate of drug-likeness (QED) is 0.817. The Balaban J connectivity index is 1.81. The minimum absolute atomic E-state index is 0.155. The summed E-state index contributed by atoms with van der Waals surface area (Å²) in [5.41, 5.74) is 2.10. The van der Waals surface area contributed by atoms with E-state index in [2.05, 4.69) is 23.1 Å². The van der Waals surface area contributed by atoms with E-state index in [-0.39, 0.29) is 6.61 Å². The van der Waals surface area contributed by atoms with E-state index >= 15 is 0 Å². The molecule has 160 valence electrons. The van der Waals surface area contributed by atoms with Crippen LogP contribution in [0, 0.1) is 0 Å². The Morgan fingerprint density at radius 3 is 2.83 bits per heavy atom. The molecule has 1 aromatic carbocycles. The van der Waals surface area contributed by atoms with Gasteiger partial charge in [0.05, 0.1) is 31.2 Å². The maximum absolute atomic E-state index is 10.4. The third-order valence-corrected chi connectivity index (χ3v) is 5.09. The van der Waals surface area contributed by atoms with Crippen molar-refractivity contribution in [2.45, 2.75) is 57.9 Å².